The molecule has 0 aliphatic carbocycles. The number of nitrogens with zero attached hydrogens (tertiary/aromatic N) is 3. The van der Waals surface area contributed by atoms with E-state index in [-0.39, 0.29) is 12.1 Å². The van der Waals surface area contributed by atoms with Crippen molar-refractivity contribution >= 4 is 11.6 Å². The van der Waals surface area contributed by atoms with Crippen LogP contribution in [0.25, 0.3) is 17.0 Å². The molecule has 30 heavy (non-hydrogen) atoms. The van der Waals surface area contributed by atoms with Gasteiger partial charge in [-0.1, -0.05) is 65.3 Å². The van der Waals surface area contributed by atoms with Crippen LogP contribution >= 0.6 is 0 Å². The number of urea groups is 1. The summed E-state index contributed by atoms with van der Waals surface area (Å²) in [4.78, 5) is 19.1. The second-order valence-electron chi connectivity index (χ2n) is 7.23. The lowest BCUT2D eigenvalue weighted by Gasteiger charge is -2.35. The fourth-order valence-corrected chi connectivity index (χ4v) is 3.56. The van der Waals surface area contributed by atoms with E-state index < -0.39 is 0 Å². The number of carbonyl (C=O) groups excluding carboxylic acids is 1. The van der Waals surface area contributed by atoms with Crippen LogP contribution in [0.2, 0.25) is 0 Å². The van der Waals surface area contributed by atoms with Crippen molar-refractivity contribution < 1.29 is 14.1 Å². The number of amides is 2. The fraction of sp³-hybridized carbons (Fsp3) is 0.261. The second-order valence-corrected chi connectivity index (χ2v) is 7.23. The Morgan fingerprint density at radius 2 is 1.83 bits per heavy atom. The average Bonchev–Trinajstić information content (AvgIpc) is 3.24. The maximum atomic E-state index is 12.8. The van der Waals surface area contributed by atoms with Gasteiger partial charge < -0.3 is 14.6 Å². The Hall–Kier alpha value is -3.45. The van der Waals surface area contributed by atoms with Crippen LogP contribution in [0.1, 0.15) is 30.0 Å². The smallest absolute Gasteiger partial charge is 0.322 e. The number of carbonyl (C=O) groups is 1. The van der Waals surface area contributed by atoms with Crippen molar-refractivity contribution in [3.05, 3.63) is 77.3 Å². The van der Waals surface area contributed by atoms with Gasteiger partial charge in [-0.15, -0.1) is 0 Å². The fourth-order valence-electron chi connectivity index (χ4n) is 3.56. The molecule has 0 bridgehead atoms. The molecular weight excluding hydrogens is 380 g/mol. The number of hydrogen-bond acceptors (Lipinski definition) is 5. The van der Waals surface area contributed by atoms with Crippen molar-refractivity contribution in [1.82, 2.24) is 20.4 Å². The molecule has 1 N–H and O–H groups in total. The molecule has 2 heterocycles. The normalized spacial score (nSPS) is 16.7. The highest BCUT2D eigenvalue weighted by molar-refractivity contribution is 5.86. The molecule has 0 saturated carbocycles. The van der Waals surface area contributed by atoms with E-state index in [9.17, 15) is 4.79 Å². The Labute approximate surface area is 175 Å². The molecular formula is C23H24N4O3. The minimum atomic E-state index is -0.385. The Balaban J connectivity index is 1.78. The zero-order valence-corrected chi connectivity index (χ0v) is 17.3. The number of allylic oxidation sites excluding steroid dienone is 1. The lowest BCUT2D eigenvalue weighted by Crippen LogP contribution is -2.47. The summed E-state index contributed by atoms with van der Waals surface area (Å²) in [5.74, 6) is 0.900. The highest BCUT2D eigenvalue weighted by Gasteiger charge is 2.35. The lowest BCUT2D eigenvalue weighted by atomic mass is 9.95. The number of aryl methyl sites for hydroxylation is 1. The number of ether oxygens (including phenoxy) is 1. The van der Waals surface area contributed by atoms with Crippen molar-refractivity contribution in [3.8, 4) is 11.4 Å². The van der Waals surface area contributed by atoms with Gasteiger partial charge in [-0.25, -0.2) is 4.79 Å². The Kier molecular flexibility index (Phi) is 5.63. The average molecular weight is 404 g/mol. The van der Waals surface area contributed by atoms with Gasteiger partial charge in [-0.05, 0) is 19.4 Å². The molecule has 1 aliphatic rings. The summed E-state index contributed by atoms with van der Waals surface area (Å²) in [6, 6.07) is 17.2. The van der Waals surface area contributed by atoms with Gasteiger partial charge in [-0.3, -0.25) is 4.90 Å². The van der Waals surface area contributed by atoms with E-state index in [1.807, 2.05) is 68.4 Å². The van der Waals surface area contributed by atoms with Gasteiger partial charge in [0, 0.05) is 18.4 Å². The second kappa shape index (κ2) is 8.51. The molecule has 0 fully saturated rings. The van der Waals surface area contributed by atoms with Crippen LogP contribution < -0.4 is 5.32 Å². The van der Waals surface area contributed by atoms with E-state index in [4.69, 9.17) is 9.26 Å². The number of methoxy groups -OCH3 is 1. The number of nitrogens with one attached hydrogen (secondary N) is 1. The standard InChI is InChI=1S/C23H24N4O3/c1-15-9-11-18(12-10-15)21-25-22(30-26-21)19-16(2)27(13-14-29-3)23(28)24-20(19)17-7-5-4-6-8-17/h4-12,20H,13-14H2,1-3H3,(H,24,28). The van der Waals surface area contributed by atoms with Gasteiger partial charge in [0.15, 0.2) is 0 Å². The first-order chi connectivity index (χ1) is 14.6. The Bertz CT molecular complexity index is 1060. The van der Waals surface area contributed by atoms with Crippen molar-refractivity contribution in [2.75, 3.05) is 20.3 Å². The van der Waals surface area contributed by atoms with E-state index in [1.54, 1.807) is 12.0 Å². The number of hydrogen-bond donors (Lipinski definition) is 1. The van der Waals surface area contributed by atoms with Crippen LogP contribution in [0, 0.1) is 6.92 Å². The summed E-state index contributed by atoms with van der Waals surface area (Å²) >= 11 is 0. The van der Waals surface area contributed by atoms with Gasteiger partial charge in [-0.2, -0.15) is 4.98 Å². The minimum Gasteiger partial charge on any atom is -0.383 e. The molecule has 0 saturated heterocycles. The maximum Gasteiger partial charge on any atom is 0.322 e. The third-order valence-corrected chi connectivity index (χ3v) is 5.21. The first kappa shape index (κ1) is 19.8. The van der Waals surface area contributed by atoms with Gasteiger partial charge in [0.25, 0.3) is 5.89 Å². The van der Waals surface area contributed by atoms with Crippen molar-refractivity contribution in [3.63, 3.8) is 0 Å². The third kappa shape index (κ3) is 3.84. The number of benzene rings is 2. The Morgan fingerprint density at radius 1 is 1.10 bits per heavy atom. The topological polar surface area (TPSA) is 80.5 Å². The van der Waals surface area contributed by atoms with Crippen LogP contribution in [-0.2, 0) is 4.74 Å². The van der Waals surface area contributed by atoms with E-state index in [0.717, 1.165) is 28.0 Å². The van der Waals surface area contributed by atoms with Crippen molar-refractivity contribution in [2.24, 2.45) is 0 Å². The van der Waals surface area contributed by atoms with E-state index in [1.165, 1.54) is 0 Å². The number of aromatic nitrogens is 2. The van der Waals surface area contributed by atoms with Crippen LogP contribution in [0.5, 0.6) is 0 Å². The molecule has 1 atom stereocenters. The SMILES string of the molecule is COCCN1C(=O)NC(c2ccccc2)C(c2nc(-c3ccc(C)cc3)no2)=C1C. The summed E-state index contributed by atoms with van der Waals surface area (Å²) in [6.45, 7) is 4.78. The van der Waals surface area contributed by atoms with Gasteiger partial charge >= 0.3 is 6.03 Å². The molecule has 2 aromatic carbocycles. The minimum absolute atomic E-state index is 0.180. The number of rotatable bonds is 6. The summed E-state index contributed by atoms with van der Waals surface area (Å²) in [6.07, 6.45) is 0. The van der Waals surface area contributed by atoms with Crippen LogP contribution in [0.4, 0.5) is 4.79 Å². The zero-order valence-electron chi connectivity index (χ0n) is 17.3. The first-order valence-electron chi connectivity index (χ1n) is 9.82. The summed E-state index contributed by atoms with van der Waals surface area (Å²) < 4.78 is 10.8. The maximum absolute atomic E-state index is 12.8. The Morgan fingerprint density at radius 3 is 2.53 bits per heavy atom. The van der Waals surface area contributed by atoms with E-state index >= 15 is 0 Å². The van der Waals surface area contributed by atoms with E-state index in [0.29, 0.717) is 24.9 Å². The summed E-state index contributed by atoms with van der Waals surface area (Å²) in [5.41, 5.74) is 4.53. The molecule has 4 rings (SSSR count). The van der Waals surface area contributed by atoms with Crippen LogP contribution in [0.3, 0.4) is 0 Å². The highest BCUT2D eigenvalue weighted by atomic mass is 16.5. The largest absolute Gasteiger partial charge is 0.383 e. The molecule has 7 heteroatoms. The predicted molar refractivity (Wildman–Crippen MR) is 113 cm³/mol. The van der Waals surface area contributed by atoms with Crippen LogP contribution in [-0.4, -0.2) is 41.3 Å². The summed E-state index contributed by atoms with van der Waals surface area (Å²) in [5, 5.41) is 7.26. The van der Waals surface area contributed by atoms with Gasteiger partial charge in [0.1, 0.15) is 0 Å². The molecule has 1 aromatic heterocycles. The summed E-state index contributed by atoms with van der Waals surface area (Å²) in [7, 11) is 1.61. The molecule has 0 spiro atoms. The molecule has 2 amide bonds. The molecule has 154 valence electrons. The first-order valence-corrected chi connectivity index (χ1v) is 9.82. The van der Waals surface area contributed by atoms with Crippen molar-refractivity contribution in [2.45, 2.75) is 19.9 Å². The van der Waals surface area contributed by atoms with Gasteiger partial charge in [0.2, 0.25) is 5.82 Å². The predicted octanol–water partition coefficient (Wildman–Crippen LogP) is 4.19. The monoisotopic (exact) mass is 404 g/mol. The lowest BCUT2D eigenvalue weighted by molar-refractivity contribution is 0.158. The van der Waals surface area contributed by atoms with E-state index in [2.05, 4.69) is 15.5 Å². The molecule has 7 nitrogen and oxygen atoms in total. The van der Waals surface area contributed by atoms with Gasteiger partial charge in [0.05, 0.1) is 24.8 Å². The quantitative estimate of drug-likeness (QED) is 0.666. The highest BCUT2D eigenvalue weighted by Crippen LogP contribution is 2.37. The van der Waals surface area contributed by atoms with Crippen molar-refractivity contribution in [1.29, 1.82) is 0 Å². The molecule has 0 radical (unpaired) electrons. The zero-order chi connectivity index (χ0) is 21.1. The molecule has 1 aliphatic heterocycles. The van der Waals surface area contributed by atoms with Crippen LogP contribution in [0.15, 0.2) is 64.8 Å². The molecule has 1 unspecified atom stereocenters. The molecule has 3 aromatic rings. The third-order valence-electron chi connectivity index (χ3n) is 5.21.